The zero-order valence-corrected chi connectivity index (χ0v) is 13.2. The van der Waals surface area contributed by atoms with Crippen molar-refractivity contribution in [2.45, 2.75) is 19.3 Å². The molecule has 1 aromatic heterocycles. The van der Waals surface area contributed by atoms with Crippen molar-refractivity contribution in [3.8, 4) is 11.3 Å². The fourth-order valence-electron chi connectivity index (χ4n) is 2.66. The maximum Gasteiger partial charge on any atom is 0.231 e. The fourth-order valence-corrected chi connectivity index (χ4v) is 2.79. The number of carbonyl (C=O) groups excluding carboxylic acids is 2. The number of nitrogens with zero attached hydrogens (tertiary/aromatic N) is 2. The van der Waals surface area contributed by atoms with Crippen molar-refractivity contribution >= 4 is 23.3 Å². The number of carbonyl (C=O) groups is 2. The van der Waals surface area contributed by atoms with Gasteiger partial charge in [-0.1, -0.05) is 23.7 Å². The van der Waals surface area contributed by atoms with Crippen LogP contribution in [0.25, 0.3) is 11.3 Å². The SMILES string of the molecule is O=C1CNC(=O)C1CCCc1cc(-c2ccc(Cl)cc2)ncn1. The summed E-state index contributed by atoms with van der Waals surface area (Å²) in [7, 11) is 0. The highest BCUT2D eigenvalue weighted by molar-refractivity contribution is 6.30. The van der Waals surface area contributed by atoms with Gasteiger partial charge in [0, 0.05) is 16.3 Å². The third-order valence-corrected chi connectivity index (χ3v) is 4.18. The third kappa shape index (κ3) is 3.74. The first-order valence-corrected chi connectivity index (χ1v) is 7.88. The average molecular weight is 330 g/mol. The van der Waals surface area contributed by atoms with Crippen LogP contribution in [0.15, 0.2) is 36.7 Å². The van der Waals surface area contributed by atoms with Gasteiger partial charge < -0.3 is 5.32 Å². The molecule has 0 bridgehead atoms. The Balaban J connectivity index is 1.63. The van der Waals surface area contributed by atoms with Crippen LogP contribution in [-0.4, -0.2) is 28.2 Å². The molecular formula is C17H16ClN3O2. The van der Waals surface area contributed by atoms with Gasteiger partial charge in [0.2, 0.25) is 5.91 Å². The van der Waals surface area contributed by atoms with E-state index in [2.05, 4.69) is 15.3 Å². The number of ketones is 1. The van der Waals surface area contributed by atoms with E-state index in [-0.39, 0.29) is 18.2 Å². The highest BCUT2D eigenvalue weighted by Crippen LogP contribution is 2.21. The second-order valence-corrected chi connectivity index (χ2v) is 5.97. The number of aromatic nitrogens is 2. The van der Waals surface area contributed by atoms with E-state index in [1.165, 1.54) is 6.33 Å². The Morgan fingerprint density at radius 2 is 1.96 bits per heavy atom. The highest BCUT2D eigenvalue weighted by Gasteiger charge is 2.31. The van der Waals surface area contributed by atoms with Gasteiger partial charge in [0.1, 0.15) is 6.33 Å². The van der Waals surface area contributed by atoms with E-state index in [4.69, 9.17) is 11.6 Å². The first-order valence-electron chi connectivity index (χ1n) is 7.51. The fraction of sp³-hybridized carbons (Fsp3) is 0.294. The van der Waals surface area contributed by atoms with Crippen molar-refractivity contribution in [1.82, 2.24) is 15.3 Å². The molecule has 1 saturated heterocycles. The predicted molar refractivity (Wildman–Crippen MR) is 86.9 cm³/mol. The molecule has 0 aliphatic carbocycles. The van der Waals surface area contributed by atoms with Gasteiger partial charge in [-0.05, 0) is 37.5 Å². The molecule has 1 fully saturated rings. The summed E-state index contributed by atoms with van der Waals surface area (Å²) in [5, 5.41) is 3.26. The summed E-state index contributed by atoms with van der Waals surface area (Å²) in [5.74, 6) is -0.661. The van der Waals surface area contributed by atoms with Crippen molar-refractivity contribution in [2.24, 2.45) is 5.92 Å². The molecule has 0 radical (unpaired) electrons. The summed E-state index contributed by atoms with van der Waals surface area (Å²) in [4.78, 5) is 31.6. The molecule has 6 heteroatoms. The average Bonchev–Trinajstić information content (AvgIpc) is 2.88. The molecule has 0 saturated carbocycles. The quantitative estimate of drug-likeness (QED) is 0.855. The van der Waals surface area contributed by atoms with Crippen LogP contribution in [0.2, 0.25) is 5.02 Å². The Hall–Kier alpha value is -2.27. The number of halogens is 1. The zero-order chi connectivity index (χ0) is 16.2. The maximum absolute atomic E-state index is 11.6. The predicted octanol–water partition coefficient (Wildman–Crippen LogP) is 2.43. The monoisotopic (exact) mass is 329 g/mol. The van der Waals surface area contributed by atoms with Gasteiger partial charge in [0.15, 0.2) is 5.78 Å². The Morgan fingerprint density at radius 1 is 1.17 bits per heavy atom. The van der Waals surface area contributed by atoms with E-state index in [0.29, 0.717) is 17.9 Å². The molecule has 1 aliphatic rings. The van der Waals surface area contributed by atoms with Crippen LogP contribution in [0.1, 0.15) is 18.5 Å². The molecule has 2 aromatic rings. The Bertz CT molecular complexity index is 715. The van der Waals surface area contributed by atoms with E-state index >= 15 is 0 Å². The number of hydrogen-bond donors (Lipinski definition) is 1. The normalized spacial score (nSPS) is 17.3. The highest BCUT2D eigenvalue weighted by atomic mass is 35.5. The van der Waals surface area contributed by atoms with Crippen molar-refractivity contribution in [3.63, 3.8) is 0 Å². The summed E-state index contributed by atoms with van der Waals surface area (Å²) in [6.07, 6.45) is 3.54. The molecule has 23 heavy (non-hydrogen) atoms. The molecule has 5 nitrogen and oxygen atoms in total. The largest absolute Gasteiger partial charge is 0.348 e. The van der Waals surface area contributed by atoms with Crippen LogP contribution < -0.4 is 5.32 Å². The van der Waals surface area contributed by atoms with Gasteiger partial charge in [-0.25, -0.2) is 9.97 Å². The molecule has 118 valence electrons. The minimum Gasteiger partial charge on any atom is -0.348 e. The molecular weight excluding hydrogens is 314 g/mol. The first kappa shape index (κ1) is 15.6. The molecule has 3 rings (SSSR count). The van der Waals surface area contributed by atoms with Gasteiger partial charge in [-0.15, -0.1) is 0 Å². The van der Waals surface area contributed by atoms with Crippen LogP contribution in [0.3, 0.4) is 0 Å². The van der Waals surface area contributed by atoms with E-state index in [9.17, 15) is 9.59 Å². The Kier molecular flexibility index (Phi) is 4.67. The summed E-state index contributed by atoms with van der Waals surface area (Å²) >= 11 is 5.89. The molecule has 1 aliphatic heterocycles. The van der Waals surface area contributed by atoms with Crippen LogP contribution in [0.4, 0.5) is 0 Å². The van der Waals surface area contributed by atoms with E-state index < -0.39 is 5.92 Å². The van der Waals surface area contributed by atoms with Crippen molar-refractivity contribution in [3.05, 3.63) is 47.4 Å². The van der Waals surface area contributed by atoms with Crippen LogP contribution >= 0.6 is 11.6 Å². The van der Waals surface area contributed by atoms with Crippen molar-refractivity contribution in [1.29, 1.82) is 0 Å². The molecule has 1 unspecified atom stereocenters. The van der Waals surface area contributed by atoms with E-state index in [1.54, 1.807) is 0 Å². The number of aryl methyl sites for hydroxylation is 1. The number of Topliss-reactive ketones (excluding diaryl/α,β-unsaturated/α-hetero) is 1. The molecule has 1 amide bonds. The van der Waals surface area contributed by atoms with Crippen LogP contribution in [-0.2, 0) is 16.0 Å². The Morgan fingerprint density at radius 3 is 2.65 bits per heavy atom. The summed E-state index contributed by atoms with van der Waals surface area (Å²) < 4.78 is 0. The lowest BCUT2D eigenvalue weighted by Crippen LogP contribution is -2.19. The van der Waals surface area contributed by atoms with Gasteiger partial charge >= 0.3 is 0 Å². The molecule has 2 heterocycles. The minimum atomic E-state index is -0.493. The molecule has 0 spiro atoms. The molecule has 1 atom stereocenters. The summed E-state index contributed by atoms with van der Waals surface area (Å²) in [5.41, 5.74) is 2.71. The van der Waals surface area contributed by atoms with Crippen LogP contribution in [0, 0.1) is 5.92 Å². The zero-order valence-electron chi connectivity index (χ0n) is 12.5. The minimum absolute atomic E-state index is 0.0143. The number of rotatable bonds is 5. The number of nitrogens with one attached hydrogen (secondary N) is 1. The standard InChI is InChI=1S/C17H16ClN3O2/c18-12-6-4-11(5-7-12)15-8-13(20-10-21-15)2-1-3-14-16(22)9-19-17(14)23/h4-8,10,14H,1-3,9H2,(H,19,23). The number of amides is 1. The smallest absolute Gasteiger partial charge is 0.231 e. The summed E-state index contributed by atoms with van der Waals surface area (Å²) in [6.45, 7) is 0.164. The summed E-state index contributed by atoms with van der Waals surface area (Å²) in [6, 6.07) is 9.40. The van der Waals surface area contributed by atoms with Crippen molar-refractivity contribution in [2.75, 3.05) is 6.54 Å². The first-order chi connectivity index (χ1) is 11.1. The second-order valence-electron chi connectivity index (χ2n) is 5.53. The third-order valence-electron chi connectivity index (χ3n) is 3.93. The lowest BCUT2D eigenvalue weighted by atomic mass is 9.98. The number of hydrogen-bond acceptors (Lipinski definition) is 4. The Labute approximate surface area is 139 Å². The van der Waals surface area contributed by atoms with Crippen LogP contribution in [0.5, 0.6) is 0 Å². The second kappa shape index (κ2) is 6.87. The van der Waals surface area contributed by atoms with E-state index in [1.807, 2.05) is 30.3 Å². The van der Waals surface area contributed by atoms with Gasteiger partial charge in [0.05, 0.1) is 18.2 Å². The molecule has 1 N–H and O–H groups in total. The number of benzene rings is 1. The topological polar surface area (TPSA) is 72.0 Å². The van der Waals surface area contributed by atoms with Gasteiger partial charge in [0.25, 0.3) is 0 Å². The van der Waals surface area contributed by atoms with Gasteiger partial charge in [-0.2, -0.15) is 0 Å². The van der Waals surface area contributed by atoms with E-state index in [0.717, 1.165) is 23.4 Å². The maximum atomic E-state index is 11.6. The lowest BCUT2D eigenvalue weighted by molar-refractivity contribution is -0.127. The van der Waals surface area contributed by atoms with Gasteiger partial charge in [-0.3, -0.25) is 9.59 Å². The lowest BCUT2D eigenvalue weighted by Gasteiger charge is -2.06. The van der Waals surface area contributed by atoms with Crippen molar-refractivity contribution < 1.29 is 9.59 Å². The molecule has 1 aromatic carbocycles.